The fourth-order valence-electron chi connectivity index (χ4n) is 2.99. The summed E-state index contributed by atoms with van der Waals surface area (Å²) in [5.74, 6) is 0.704. The number of likely N-dealkylation sites (tertiary alicyclic amines) is 1. The molecule has 1 aromatic heterocycles. The summed E-state index contributed by atoms with van der Waals surface area (Å²) in [6.07, 6.45) is 7.80. The largest absolute Gasteiger partial charge is 0.319 e. The van der Waals surface area contributed by atoms with Crippen molar-refractivity contribution in [2.75, 3.05) is 27.2 Å². The van der Waals surface area contributed by atoms with Gasteiger partial charge in [-0.2, -0.15) is 0 Å². The second-order valence-electron chi connectivity index (χ2n) is 5.02. The zero-order valence-electron chi connectivity index (χ0n) is 10.9. The molecule has 1 N–H and O–H groups in total. The van der Waals surface area contributed by atoms with Crippen molar-refractivity contribution >= 4 is 0 Å². The first-order chi connectivity index (χ1) is 8.33. The average Bonchev–Trinajstić information content (AvgIpc) is 2.53. The second kappa shape index (κ2) is 6.12. The van der Waals surface area contributed by atoms with Crippen LogP contribution in [0.25, 0.3) is 0 Å². The third kappa shape index (κ3) is 3.05. The lowest BCUT2D eigenvalue weighted by Crippen LogP contribution is -2.33. The van der Waals surface area contributed by atoms with Gasteiger partial charge in [-0.25, -0.2) is 0 Å². The van der Waals surface area contributed by atoms with Gasteiger partial charge in [0.25, 0.3) is 0 Å². The van der Waals surface area contributed by atoms with E-state index >= 15 is 0 Å². The first kappa shape index (κ1) is 12.5. The molecule has 2 unspecified atom stereocenters. The minimum absolute atomic E-state index is 0.535. The lowest BCUT2D eigenvalue weighted by atomic mass is 9.90. The maximum atomic E-state index is 4.13. The summed E-state index contributed by atoms with van der Waals surface area (Å²) in [5.41, 5.74) is 1.41. The predicted molar refractivity (Wildman–Crippen MR) is 70.9 cm³/mol. The van der Waals surface area contributed by atoms with Crippen molar-refractivity contribution in [2.24, 2.45) is 5.92 Å². The molecule has 3 nitrogen and oxygen atoms in total. The molecule has 0 radical (unpaired) electrons. The normalized spacial score (nSPS) is 26.7. The second-order valence-corrected chi connectivity index (χ2v) is 5.02. The van der Waals surface area contributed by atoms with Gasteiger partial charge in [0.05, 0.1) is 0 Å². The molecule has 0 amide bonds. The van der Waals surface area contributed by atoms with Crippen LogP contribution in [0, 0.1) is 5.92 Å². The van der Waals surface area contributed by atoms with Crippen molar-refractivity contribution in [3.05, 3.63) is 30.1 Å². The maximum absolute atomic E-state index is 4.13. The number of nitrogens with one attached hydrogen (secondary N) is 1. The lowest BCUT2D eigenvalue weighted by molar-refractivity contribution is 0.191. The van der Waals surface area contributed by atoms with E-state index in [0.717, 1.165) is 6.54 Å². The number of hydrogen-bond acceptors (Lipinski definition) is 3. The zero-order chi connectivity index (χ0) is 12.1. The number of hydrogen-bond donors (Lipinski definition) is 1. The minimum Gasteiger partial charge on any atom is -0.319 e. The Balaban J connectivity index is 2.23. The predicted octanol–water partition coefficient (Wildman–Crippen LogP) is 2.07. The molecule has 17 heavy (non-hydrogen) atoms. The Labute approximate surface area is 104 Å². The van der Waals surface area contributed by atoms with Crippen molar-refractivity contribution in [3.63, 3.8) is 0 Å². The van der Waals surface area contributed by atoms with Crippen LogP contribution in [0.3, 0.4) is 0 Å². The van der Waals surface area contributed by atoms with Gasteiger partial charge in [0, 0.05) is 18.4 Å². The number of nitrogens with zero attached hydrogens (tertiary/aromatic N) is 2. The molecule has 1 aliphatic heterocycles. The zero-order valence-corrected chi connectivity index (χ0v) is 10.9. The third-order valence-electron chi connectivity index (χ3n) is 3.77. The summed E-state index contributed by atoms with van der Waals surface area (Å²) < 4.78 is 0. The van der Waals surface area contributed by atoms with Crippen LogP contribution < -0.4 is 5.32 Å². The Hall–Kier alpha value is -0.930. The lowest BCUT2D eigenvalue weighted by Gasteiger charge is -2.32. The van der Waals surface area contributed by atoms with E-state index in [4.69, 9.17) is 0 Å². The van der Waals surface area contributed by atoms with Crippen LogP contribution in [0.15, 0.2) is 24.5 Å². The number of aromatic nitrogens is 1. The van der Waals surface area contributed by atoms with Crippen LogP contribution in [0.1, 0.15) is 30.9 Å². The molecule has 1 fully saturated rings. The van der Waals surface area contributed by atoms with E-state index in [2.05, 4.69) is 41.4 Å². The quantitative estimate of drug-likeness (QED) is 0.866. The van der Waals surface area contributed by atoms with Crippen LogP contribution in [-0.2, 0) is 0 Å². The van der Waals surface area contributed by atoms with Gasteiger partial charge in [-0.05, 0) is 63.6 Å². The van der Waals surface area contributed by atoms with E-state index in [1.54, 1.807) is 0 Å². The molecule has 2 atom stereocenters. The van der Waals surface area contributed by atoms with E-state index in [1.165, 1.54) is 31.4 Å². The Morgan fingerprint density at radius 3 is 2.82 bits per heavy atom. The molecule has 94 valence electrons. The molecule has 0 aliphatic carbocycles. The summed E-state index contributed by atoms with van der Waals surface area (Å²) in [5, 5.41) is 3.34. The molecule has 0 aromatic carbocycles. The Morgan fingerprint density at radius 1 is 1.35 bits per heavy atom. The van der Waals surface area contributed by atoms with Crippen molar-refractivity contribution in [1.29, 1.82) is 0 Å². The van der Waals surface area contributed by atoms with Crippen molar-refractivity contribution in [3.8, 4) is 0 Å². The third-order valence-corrected chi connectivity index (χ3v) is 3.77. The van der Waals surface area contributed by atoms with Crippen LogP contribution in [0.2, 0.25) is 0 Å². The SMILES string of the molecule is CNCC1CCCCN(C)C1c1ccncc1. The molecular weight excluding hydrogens is 210 g/mol. The van der Waals surface area contributed by atoms with Crippen molar-refractivity contribution < 1.29 is 0 Å². The first-order valence-electron chi connectivity index (χ1n) is 6.57. The molecule has 1 saturated heterocycles. The maximum Gasteiger partial charge on any atom is 0.0386 e. The van der Waals surface area contributed by atoms with Gasteiger partial charge < -0.3 is 5.32 Å². The average molecular weight is 233 g/mol. The van der Waals surface area contributed by atoms with Gasteiger partial charge in [0.1, 0.15) is 0 Å². The number of pyridine rings is 1. The number of rotatable bonds is 3. The van der Waals surface area contributed by atoms with Gasteiger partial charge in [-0.1, -0.05) is 6.42 Å². The highest BCUT2D eigenvalue weighted by atomic mass is 15.1. The van der Waals surface area contributed by atoms with Crippen molar-refractivity contribution in [2.45, 2.75) is 25.3 Å². The van der Waals surface area contributed by atoms with Gasteiger partial charge in [0.15, 0.2) is 0 Å². The van der Waals surface area contributed by atoms with Gasteiger partial charge in [0.2, 0.25) is 0 Å². The van der Waals surface area contributed by atoms with Gasteiger partial charge in [-0.3, -0.25) is 9.88 Å². The fourth-order valence-corrected chi connectivity index (χ4v) is 2.99. The molecule has 2 rings (SSSR count). The molecule has 3 heteroatoms. The standard InChI is InChI=1S/C14H23N3/c1-15-11-13-5-3-4-10-17(2)14(13)12-6-8-16-9-7-12/h6-9,13-15H,3-5,10-11H2,1-2H3. The summed E-state index contributed by atoms with van der Waals surface area (Å²) in [7, 11) is 4.30. The smallest absolute Gasteiger partial charge is 0.0386 e. The van der Waals surface area contributed by atoms with E-state index in [0.29, 0.717) is 12.0 Å². The molecule has 0 spiro atoms. The fraction of sp³-hybridized carbons (Fsp3) is 0.643. The van der Waals surface area contributed by atoms with E-state index < -0.39 is 0 Å². The summed E-state index contributed by atoms with van der Waals surface area (Å²) in [6.45, 7) is 2.30. The van der Waals surface area contributed by atoms with E-state index in [9.17, 15) is 0 Å². The van der Waals surface area contributed by atoms with Gasteiger partial charge >= 0.3 is 0 Å². The van der Waals surface area contributed by atoms with E-state index in [1.807, 2.05) is 12.4 Å². The van der Waals surface area contributed by atoms with Crippen LogP contribution in [0.5, 0.6) is 0 Å². The topological polar surface area (TPSA) is 28.2 Å². The highest BCUT2D eigenvalue weighted by Gasteiger charge is 2.28. The first-order valence-corrected chi connectivity index (χ1v) is 6.57. The monoisotopic (exact) mass is 233 g/mol. The van der Waals surface area contributed by atoms with Crippen LogP contribution >= 0.6 is 0 Å². The summed E-state index contributed by atoms with van der Waals surface area (Å²) in [6, 6.07) is 4.86. The van der Waals surface area contributed by atoms with Gasteiger partial charge in [-0.15, -0.1) is 0 Å². The summed E-state index contributed by atoms with van der Waals surface area (Å²) >= 11 is 0. The van der Waals surface area contributed by atoms with Crippen LogP contribution in [-0.4, -0.2) is 37.1 Å². The molecule has 2 heterocycles. The molecule has 0 bridgehead atoms. The minimum atomic E-state index is 0.535. The van der Waals surface area contributed by atoms with Crippen LogP contribution in [0.4, 0.5) is 0 Å². The highest BCUT2D eigenvalue weighted by molar-refractivity contribution is 5.16. The summed E-state index contributed by atoms with van der Waals surface area (Å²) in [4.78, 5) is 6.63. The van der Waals surface area contributed by atoms with E-state index in [-0.39, 0.29) is 0 Å². The molecule has 0 saturated carbocycles. The Morgan fingerprint density at radius 2 is 2.12 bits per heavy atom. The Bertz CT molecular complexity index is 325. The highest BCUT2D eigenvalue weighted by Crippen LogP contribution is 2.33. The Kier molecular flexibility index (Phi) is 4.51. The van der Waals surface area contributed by atoms with Crippen molar-refractivity contribution in [1.82, 2.24) is 15.2 Å². The molecule has 1 aliphatic rings. The molecule has 1 aromatic rings. The molecular formula is C14H23N3.